The van der Waals surface area contributed by atoms with Crippen LogP contribution in [0.2, 0.25) is 0 Å². The number of carbonyl (C=O) groups excluding carboxylic acids is 3. The van der Waals surface area contributed by atoms with Crippen LogP contribution in [-0.2, 0) is 38.4 Å². The molecular weight excluding hydrogens is 634 g/mol. The van der Waals surface area contributed by atoms with E-state index < -0.39 is 42.0 Å². The Morgan fingerprint density at radius 1 is 0.720 bits per heavy atom. The molecule has 3 aromatic heterocycles. The lowest BCUT2D eigenvalue weighted by Crippen LogP contribution is -2.57. The Morgan fingerprint density at radius 3 is 1.72 bits per heavy atom. The first kappa shape index (κ1) is 32.7. The van der Waals surface area contributed by atoms with Crippen molar-refractivity contribution in [2.75, 3.05) is 6.54 Å². The van der Waals surface area contributed by atoms with Crippen molar-refractivity contribution in [2.24, 2.45) is 5.73 Å². The fourth-order valence-corrected chi connectivity index (χ4v) is 7.13. The molecule has 50 heavy (non-hydrogen) atoms. The van der Waals surface area contributed by atoms with Gasteiger partial charge < -0.3 is 41.3 Å². The molecule has 1 saturated heterocycles. The molecule has 7 rings (SSSR count). The van der Waals surface area contributed by atoms with Gasteiger partial charge in [-0.15, -0.1) is 0 Å². The van der Waals surface area contributed by atoms with Crippen molar-refractivity contribution in [3.8, 4) is 0 Å². The third-order valence-electron chi connectivity index (χ3n) is 9.72. The van der Waals surface area contributed by atoms with Crippen LogP contribution in [0.4, 0.5) is 0 Å². The van der Waals surface area contributed by atoms with Crippen LogP contribution in [0.25, 0.3) is 32.7 Å². The third kappa shape index (κ3) is 6.57. The number of hydrogen-bond acceptors (Lipinski definition) is 5. The quantitative estimate of drug-likeness (QED) is 0.104. The number of nitrogens with one attached hydrogen (secondary N) is 5. The number of hydrogen-bond donors (Lipinski definition) is 7. The Morgan fingerprint density at radius 2 is 1.20 bits per heavy atom. The minimum Gasteiger partial charge on any atom is -0.480 e. The molecular formula is C38H39N7O5. The molecule has 3 aromatic carbocycles. The lowest BCUT2D eigenvalue weighted by molar-refractivity contribution is -0.143. The van der Waals surface area contributed by atoms with Crippen LogP contribution in [0.15, 0.2) is 91.4 Å². The van der Waals surface area contributed by atoms with E-state index in [9.17, 15) is 24.3 Å². The molecule has 1 aliphatic heterocycles. The Kier molecular flexibility index (Phi) is 9.09. The van der Waals surface area contributed by atoms with Gasteiger partial charge in [0.05, 0.1) is 6.04 Å². The predicted octanol–water partition coefficient (Wildman–Crippen LogP) is 3.53. The highest BCUT2D eigenvalue weighted by Gasteiger charge is 2.38. The summed E-state index contributed by atoms with van der Waals surface area (Å²) >= 11 is 0. The number of likely N-dealkylation sites (tertiary alicyclic amines) is 1. The largest absolute Gasteiger partial charge is 0.480 e. The molecule has 0 aliphatic carbocycles. The van der Waals surface area contributed by atoms with Gasteiger partial charge in [0, 0.05) is 70.7 Å². The number of benzene rings is 3. The van der Waals surface area contributed by atoms with Crippen LogP contribution in [0.3, 0.4) is 0 Å². The van der Waals surface area contributed by atoms with E-state index in [1.807, 2.05) is 79.0 Å². The molecule has 3 amide bonds. The second-order valence-corrected chi connectivity index (χ2v) is 12.9. The number of aromatic amines is 3. The van der Waals surface area contributed by atoms with Crippen molar-refractivity contribution in [1.82, 2.24) is 30.5 Å². The van der Waals surface area contributed by atoms with Crippen LogP contribution in [0, 0.1) is 0 Å². The van der Waals surface area contributed by atoms with Gasteiger partial charge in [0.2, 0.25) is 17.7 Å². The molecule has 0 radical (unpaired) electrons. The number of para-hydroxylation sites is 3. The average Bonchev–Trinajstić information content (AvgIpc) is 3.94. The number of nitrogens with zero attached hydrogens (tertiary/aromatic N) is 1. The summed E-state index contributed by atoms with van der Waals surface area (Å²) in [6, 6.07) is 18.9. The minimum absolute atomic E-state index is 0.0397. The monoisotopic (exact) mass is 673 g/mol. The summed E-state index contributed by atoms with van der Waals surface area (Å²) in [5, 5.41) is 18.5. The lowest BCUT2D eigenvalue weighted by Gasteiger charge is -2.28. The van der Waals surface area contributed by atoms with Gasteiger partial charge in [-0.25, -0.2) is 4.79 Å². The highest BCUT2D eigenvalue weighted by Crippen LogP contribution is 2.24. The number of aromatic nitrogens is 3. The normalized spacial score (nSPS) is 16.4. The zero-order chi connectivity index (χ0) is 34.8. The second-order valence-electron chi connectivity index (χ2n) is 12.9. The smallest absolute Gasteiger partial charge is 0.326 e. The summed E-state index contributed by atoms with van der Waals surface area (Å²) < 4.78 is 0. The van der Waals surface area contributed by atoms with E-state index in [1.54, 1.807) is 12.4 Å². The van der Waals surface area contributed by atoms with Crippen molar-refractivity contribution in [2.45, 2.75) is 56.3 Å². The van der Waals surface area contributed by atoms with Crippen LogP contribution >= 0.6 is 0 Å². The van der Waals surface area contributed by atoms with Crippen LogP contribution in [-0.4, -0.2) is 79.4 Å². The Labute approximate surface area is 287 Å². The van der Waals surface area contributed by atoms with E-state index in [4.69, 9.17) is 5.73 Å². The minimum atomic E-state index is -1.25. The molecule has 4 atom stereocenters. The van der Waals surface area contributed by atoms with Gasteiger partial charge in [-0.2, -0.15) is 0 Å². The van der Waals surface area contributed by atoms with Crippen LogP contribution < -0.4 is 16.4 Å². The number of carboxylic acids is 1. The van der Waals surface area contributed by atoms with Gasteiger partial charge in [-0.1, -0.05) is 54.6 Å². The number of amides is 3. The molecule has 0 bridgehead atoms. The molecule has 1 fully saturated rings. The number of aliphatic carboxylic acids is 1. The third-order valence-corrected chi connectivity index (χ3v) is 9.72. The first-order valence-electron chi connectivity index (χ1n) is 16.8. The zero-order valence-electron chi connectivity index (χ0n) is 27.3. The first-order chi connectivity index (χ1) is 24.3. The number of H-pyrrole nitrogens is 3. The van der Waals surface area contributed by atoms with Crippen LogP contribution in [0.5, 0.6) is 0 Å². The van der Waals surface area contributed by atoms with Crippen LogP contribution in [0.1, 0.15) is 29.5 Å². The second kappa shape index (κ2) is 13.9. The number of carbonyl (C=O) groups is 4. The molecule has 4 heterocycles. The van der Waals surface area contributed by atoms with E-state index >= 15 is 0 Å². The summed E-state index contributed by atoms with van der Waals surface area (Å²) in [6.07, 6.45) is 6.83. The van der Waals surface area contributed by atoms with Gasteiger partial charge in [-0.3, -0.25) is 14.4 Å². The standard InChI is InChI=1S/C38H39N7O5/c39-28(16-22-19-40-29-11-4-1-8-25(22)29)37(48)45-15-7-14-34(45)36(47)43-32(17-23-20-41-30-12-5-2-9-26(23)30)35(46)44-33(38(49)50)18-24-21-42-31-13-6-3-10-27(24)31/h1-6,8-13,19-21,28,32-34,40-42H,7,14-18,39H2,(H,43,47)(H,44,46)(H,49,50). The number of nitrogens with two attached hydrogens (primary N) is 1. The van der Waals surface area contributed by atoms with E-state index in [1.165, 1.54) is 4.90 Å². The van der Waals surface area contributed by atoms with Crippen molar-refractivity contribution < 1.29 is 24.3 Å². The number of rotatable bonds is 12. The van der Waals surface area contributed by atoms with Gasteiger partial charge in [0.1, 0.15) is 18.1 Å². The molecule has 1 aliphatic rings. The Hall–Kier alpha value is -5.88. The summed E-state index contributed by atoms with van der Waals surface area (Å²) in [5.74, 6) is -2.66. The van der Waals surface area contributed by atoms with Gasteiger partial charge >= 0.3 is 5.97 Å². The lowest BCUT2D eigenvalue weighted by atomic mass is 10.0. The maximum absolute atomic E-state index is 14.0. The fourth-order valence-electron chi connectivity index (χ4n) is 7.13. The van der Waals surface area contributed by atoms with E-state index in [2.05, 4.69) is 25.6 Å². The molecule has 4 unspecified atom stereocenters. The summed E-state index contributed by atoms with van der Waals surface area (Å²) in [6.45, 7) is 0.365. The topological polar surface area (TPSA) is 189 Å². The van der Waals surface area contributed by atoms with E-state index in [-0.39, 0.29) is 18.7 Å². The highest BCUT2D eigenvalue weighted by molar-refractivity contribution is 5.96. The number of carboxylic acid groups (broad SMARTS) is 1. The first-order valence-corrected chi connectivity index (χ1v) is 16.8. The fraction of sp³-hybridized carbons (Fsp3) is 0.263. The maximum atomic E-state index is 14.0. The highest BCUT2D eigenvalue weighted by atomic mass is 16.4. The summed E-state index contributed by atoms with van der Waals surface area (Å²) in [7, 11) is 0. The van der Waals surface area contributed by atoms with Crippen molar-refractivity contribution >= 4 is 56.4 Å². The SMILES string of the molecule is NC(Cc1c[nH]c2ccccc12)C(=O)N1CCCC1C(=O)NC(Cc1c[nH]c2ccccc12)C(=O)NC(Cc1c[nH]c2ccccc12)C(=O)O. The van der Waals surface area contributed by atoms with Gasteiger partial charge in [0.25, 0.3) is 0 Å². The zero-order valence-corrected chi connectivity index (χ0v) is 27.3. The molecule has 8 N–H and O–H groups in total. The van der Waals surface area contributed by atoms with Crippen molar-refractivity contribution in [3.05, 3.63) is 108 Å². The molecule has 6 aromatic rings. The van der Waals surface area contributed by atoms with Gasteiger partial charge in [-0.05, 0) is 54.2 Å². The molecule has 12 heteroatoms. The Balaban J connectivity index is 1.09. The number of fused-ring (bicyclic) bond motifs is 3. The van der Waals surface area contributed by atoms with E-state index in [0.717, 1.165) is 49.4 Å². The van der Waals surface area contributed by atoms with Crippen molar-refractivity contribution in [3.63, 3.8) is 0 Å². The maximum Gasteiger partial charge on any atom is 0.326 e. The average molecular weight is 674 g/mol. The van der Waals surface area contributed by atoms with Gasteiger partial charge in [0.15, 0.2) is 0 Å². The molecule has 256 valence electrons. The van der Waals surface area contributed by atoms with Crippen molar-refractivity contribution in [1.29, 1.82) is 0 Å². The van der Waals surface area contributed by atoms with E-state index in [0.29, 0.717) is 25.8 Å². The predicted molar refractivity (Wildman–Crippen MR) is 190 cm³/mol. The molecule has 0 saturated carbocycles. The summed E-state index contributed by atoms with van der Waals surface area (Å²) in [5.41, 5.74) is 11.6. The molecule has 0 spiro atoms. The molecule has 12 nitrogen and oxygen atoms in total. The summed E-state index contributed by atoms with van der Waals surface area (Å²) in [4.78, 5) is 65.1. The Bertz CT molecular complexity index is 2200.